The Morgan fingerprint density at radius 2 is 2.29 bits per heavy atom. The molecular formula is C9H10F3N3O2. The first-order valence-electron chi connectivity index (χ1n) is 5.00. The first-order chi connectivity index (χ1) is 7.89. The Morgan fingerprint density at radius 3 is 2.71 bits per heavy atom. The SMILES string of the molecule is O=C(O)c1cn(C2CCNC2)nc1C(F)(F)F. The van der Waals surface area contributed by atoms with Gasteiger partial charge in [-0.15, -0.1) is 0 Å². The van der Waals surface area contributed by atoms with Gasteiger partial charge in [-0.3, -0.25) is 4.68 Å². The van der Waals surface area contributed by atoms with Crippen molar-refractivity contribution in [2.45, 2.75) is 18.6 Å². The second-order valence-corrected chi connectivity index (χ2v) is 3.82. The van der Waals surface area contributed by atoms with Crippen LogP contribution in [-0.2, 0) is 6.18 Å². The van der Waals surface area contributed by atoms with Gasteiger partial charge in [0.05, 0.1) is 6.04 Å². The number of carbonyl (C=O) groups is 1. The Balaban J connectivity index is 2.40. The van der Waals surface area contributed by atoms with E-state index in [0.29, 0.717) is 19.5 Å². The Morgan fingerprint density at radius 1 is 1.59 bits per heavy atom. The number of halogens is 3. The van der Waals surface area contributed by atoms with Crippen LogP contribution in [0.4, 0.5) is 13.2 Å². The smallest absolute Gasteiger partial charge is 0.436 e. The van der Waals surface area contributed by atoms with E-state index in [4.69, 9.17) is 5.11 Å². The Bertz CT molecular complexity index is 435. The third-order valence-corrected chi connectivity index (χ3v) is 2.64. The fraction of sp³-hybridized carbons (Fsp3) is 0.556. The van der Waals surface area contributed by atoms with Crippen molar-refractivity contribution in [2.24, 2.45) is 0 Å². The molecule has 0 spiro atoms. The topological polar surface area (TPSA) is 67.2 Å². The number of rotatable bonds is 2. The lowest BCUT2D eigenvalue weighted by atomic mass is 10.2. The minimum absolute atomic E-state index is 0.218. The van der Waals surface area contributed by atoms with Crippen molar-refractivity contribution < 1.29 is 23.1 Å². The summed E-state index contributed by atoms with van der Waals surface area (Å²) in [5.41, 5.74) is -2.14. The number of alkyl halides is 3. The van der Waals surface area contributed by atoms with Crippen molar-refractivity contribution in [2.75, 3.05) is 13.1 Å². The molecule has 2 heterocycles. The van der Waals surface area contributed by atoms with Crippen LogP contribution in [0.25, 0.3) is 0 Å². The lowest BCUT2D eigenvalue weighted by molar-refractivity contribution is -0.142. The molecule has 1 aromatic rings. The fourth-order valence-electron chi connectivity index (χ4n) is 1.81. The molecule has 0 saturated carbocycles. The molecule has 1 aliphatic rings. The minimum atomic E-state index is -4.75. The third-order valence-electron chi connectivity index (χ3n) is 2.64. The van der Waals surface area contributed by atoms with Crippen molar-refractivity contribution in [3.63, 3.8) is 0 Å². The van der Waals surface area contributed by atoms with Crippen LogP contribution >= 0.6 is 0 Å². The fourth-order valence-corrected chi connectivity index (χ4v) is 1.81. The van der Waals surface area contributed by atoms with E-state index in [2.05, 4.69) is 10.4 Å². The van der Waals surface area contributed by atoms with Gasteiger partial charge in [0.15, 0.2) is 5.69 Å². The van der Waals surface area contributed by atoms with E-state index >= 15 is 0 Å². The summed E-state index contributed by atoms with van der Waals surface area (Å²) in [7, 11) is 0. The van der Waals surface area contributed by atoms with Crippen LogP contribution in [0.5, 0.6) is 0 Å². The van der Waals surface area contributed by atoms with Crippen LogP contribution in [0.3, 0.4) is 0 Å². The summed E-state index contributed by atoms with van der Waals surface area (Å²) < 4.78 is 38.8. The molecule has 1 aromatic heterocycles. The summed E-state index contributed by atoms with van der Waals surface area (Å²) in [6.45, 7) is 1.19. The van der Waals surface area contributed by atoms with Gasteiger partial charge >= 0.3 is 12.1 Å². The Kier molecular flexibility index (Phi) is 2.82. The highest BCUT2D eigenvalue weighted by Crippen LogP contribution is 2.31. The number of hydrogen-bond acceptors (Lipinski definition) is 3. The monoisotopic (exact) mass is 249 g/mol. The summed E-state index contributed by atoms with van der Waals surface area (Å²) in [6.07, 6.45) is -3.16. The van der Waals surface area contributed by atoms with Crippen LogP contribution in [0.1, 0.15) is 28.5 Å². The number of nitrogens with zero attached hydrogens (tertiary/aromatic N) is 2. The highest BCUT2D eigenvalue weighted by molar-refractivity contribution is 5.88. The molecule has 0 aromatic carbocycles. The molecule has 94 valence electrons. The van der Waals surface area contributed by atoms with Crippen molar-refractivity contribution >= 4 is 5.97 Å². The largest absolute Gasteiger partial charge is 0.478 e. The quantitative estimate of drug-likeness (QED) is 0.824. The van der Waals surface area contributed by atoms with Gasteiger partial charge in [0.25, 0.3) is 0 Å². The summed E-state index contributed by atoms with van der Waals surface area (Å²) in [5, 5.41) is 15.0. The number of aromatic carboxylic acids is 1. The predicted octanol–water partition coefficient (Wildman–Crippen LogP) is 1.13. The Hall–Kier alpha value is -1.57. The maximum atomic E-state index is 12.6. The van der Waals surface area contributed by atoms with Crippen LogP contribution in [-0.4, -0.2) is 33.9 Å². The number of carboxylic acids is 1. The average molecular weight is 249 g/mol. The van der Waals surface area contributed by atoms with Crippen molar-refractivity contribution in [1.82, 2.24) is 15.1 Å². The van der Waals surface area contributed by atoms with Gasteiger partial charge < -0.3 is 10.4 Å². The molecule has 0 aliphatic carbocycles. The second-order valence-electron chi connectivity index (χ2n) is 3.82. The lowest BCUT2D eigenvalue weighted by Crippen LogP contribution is -2.15. The van der Waals surface area contributed by atoms with E-state index in [1.54, 1.807) is 0 Å². The van der Waals surface area contributed by atoms with Gasteiger partial charge in [0.1, 0.15) is 5.56 Å². The standard InChI is InChI=1S/C9H10F3N3O2/c10-9(11,12)7-6(8(16)17)4-15(14-7)5-1-2-13-3-5/h4-5,13H,1-3H2,(H,16,17). The predicted molar refractivity (Wildman–Crippen MR) is 50.7 cm³/mol. The van der Waals surface area contributed by atoms with E-state index in [1.807, 2.05) is 0 Å². The molecule has 1 aliphatic heterocycles. The van der Waals surface area contributed by atoms with Gasteiger partial charge in [-0.05, 0) is 13.0 Å². The van der Waals surface area contributed by atoms with Gasteiger partial charge in [0.2, 0.25) is 0 Å². The summed E-state index contributed by atoms with van der Waals surface area (Å²) in [6, 6.07) is -0.218. The van der Waals surface area contributed by atoms with Gasteiger partial charge in [-0.2, -0.15) is 18.3 Å². The van der Waals surface area contributed by atoms with Crippen LogP contribution in [0, 0.1) is 0 Å². The van der Waals surface area contributed by atoms with Crippen molar-refractivity contribution in [1.29, 1.82) is 0 Å². The molecule has 0 bridgehead atoms. The maximum Gasteiger partial charge on any atom is 0.436 e. The zero-order valence-electron chi connectivity index (χ0n) is 8.66. The van der Waals surface area contributed by atoms with Crippen molar-refractivity contribution in [3.05, 3.63) is 17.5 Å². The van der Waals surface area contributed by atoms with Gasteiger partial charge in [0, 0.05) is 12.7 Å². The van der Waals surface area contributed by atoms with E-state index in [1.165, 1.54) is 0 Å². The normalized spacial score (nSPS) is 20.8. The summed E-state index contributed by atoms with van der Waals surface area (Å²) in [4.78, 5) is 10.7. The summed E-state index contributed by atoms with van der Waals surface area (Å²) in [5.74, 6) is -1.62. The molecule has 5 nitrogen and oxygen atoms in total. The second kappa shape index (κ2) is 4.02. The van der Waals surface area contributed by atoms with Crippen LogP contribution < -0.4 is 5.32 Å². The number of hydrogen-bond donors (Lipinski definition) is 2. The van der Waals surface area contributed by atoms with Crippen LogP contribution in [0.2, 0.25) is 0 Å². The Labute approximate surface area is 94.2 Å². The zero-order chi connectivity index (χ0) is 12.6. The molecule has 0 radical (unpaired) electrons. The van der Waals surface area contributed by atoms with Crippen molar-refractivity contribution in [3.8, 4) is 0 Å². The number of nitrogens with one attached hydrogen (secondary N) is 1. The molecule has 1 atom stereocenters. The van der Waals surface area contributed by atoms with E-state index in [-0.39, 0.29) is 6.04 Å². The lowest BCUT2D eigenvalue weighted by Gasteiger charge is -2.08. The molecule has 1 fully saturated rings. The molecule has 2 rings (SSSR count). The molecule has 1 unspecified atom stereocenters. The third kappa shape index (κ3) is 2.26. The maximum absolute atomic E-state index is 12.6. The van der Waals surface area contributed by atoms with Gasteiger partial charge in [-0.1, -0.05) is 0 Å². The molecule has 8 heteroatoms. The zero-order valence-corrected chi connectivity index (χ0v) is 8.66. The molecule has 0 amide bonds. The first kappa shape index (κ1) is 11.9. The molecule has 1 saturated heterocycles. The molecule has 2 N–H and O–H groups in total. The first-order valence-corrected chi connectivity index (χ1v) is 5.00. The number of carboxylic acid groups (broad SMARTS) is 1. The molecular weight excluding hydrogens is 239 g/mol. The minimum Gasteiger partial charge on any atom is -0.478 e. The van der Waals surface area contributed by atoms with Crippen LogP contribution in [0.15, 0.2) is 6.20 Å². The van der Waals surface area contributed by atoms with E-state index < -0.39 is 23.4 Å². The van der Waals surface area contributed by atoms with E-state index in [0.717, 1.165) is 10.9 Å². The molecule has 17 heavy (non-hydrogen) atoms. The van der Waals surface area contributed by atoms with Gasteiger partial charge in [-0.25, -0.2) is 4.79 Å². The van der Waals surface area contributed by atoms with E-state index in [9.17, 15) is 18.0 Å². The number of aromatic nitrogens is 2. The summed E-state index contributed by atoms with van der Waals surface area (Å²) >= 11 is 0. The highest BCUT2D eigenvalue weighted by atomic mass is 19.4. The average Bonchev–Trinajstić information content (AvgIpc) is 2.85. The highest BCUT2D eigenvalue weighted by Gasteiger charge is 2.40.